The fraction of sp³-hybridized carbons (Fsp3) is 0.556. The molecule has 0 aliphatic carbocycles. The van der Waals surface area contributed by atoms with E-state index in [0.29, 0.717) is 5.92 Å². The van der Waals surface area contributed by atoms with Crippen LogP contribution in [0.3, 0.4) is 0 Å². The molecule has 114 valence electrons. The summed E-state index contributed by atoms with van der Waals surface area (Å²) in [6.45, 7) is 10.0. The highest BCUT2D eigenvalue weighted by Crippen LogP contribution is 2.24. The van der Waals surface area contributed by atoms with Crippen molar-refractivity contribution >= 4 is 0 Å². The van der Waals surface area contributed by atoms with Gasteiger partial charge in [0, 0.05) is 13.0 Å². The van der Waals surface area contributed by atoms with Crippen LogP contribution in [0.4, 0.5) is 0 Å². The van der Waals surface area contributed by atoms with Gasteiger partial charge in [-0.05, 0) is 29.7 Å². The van der Waals surface area contributed by atoms with E-state index in [1.54, 1.807) is 6.33 Å². The molecule has 0 saturated carbocycles. The maximum Gasteiger partial charge on any atom is 0.138 e. The van der Waals surface area contributed by atoms with Crippen molar-refractivity contribution in [3.05, 3.63) is 48.0 Å². The van der Waals surface area contributed by atoms with Gasteiger partial charge in [-0.2, -0.15) is 5.10 Å². The fourth-order valence-electron chi connectivity index (χ4n) is 2.66. The lowest BCUT2D eigenvalue weighted by atomic mass is 9.87. The van der Waals surface area contributed by atoms with Gasteiger partial charge in [0.05, 0.1) is 0 Å². The summed E-state index contributed by atoms with van der Waals surface area (Å²) in [5, 5.41) is 4.16. The molecule has 0 N–H and O–H groups in total. The highest BCUT2D eigenvalue weighted by Gasteiger charge is 2.21. The van der Waals surface area contributed by atoms with Gasteiger partial charge in [-0.3, -0.25) is 4.68 Å². The van der Waals surface area contributed by atoms with Crippen molar-refractivity contribution in [1.29, 1.82) is 0 Å². The summed E-state index contributed by atoms with van der Waals surface area (Å²) >= 11 is 0. The van der Waals surface area contributed by atoms with Crippen LogP contribution in [-0.2, 0) is 13.0 Å². The molecule has 3 rings (SSSR count). The topological polar surface area (TPSA) is 30.7 Å². The summed E-state index contributed by atoms with van der Waals surface area (Å²) in [7, 11) is 0. The summed E-state index contributed by atoms with van der Waals surface area (Å²) in [5.41, 5.74) is 1.41. The SMILES string of the molecule is CC(C)C1CCn2ncnc2C1.CC(C)c1ccccc1. The predicted molar refractivity (Wildman–Crippen MR) is 87.2 cm³/mol. The van der Waals surface area contributed by atoms with Gasteiger partial charge in [0.25, 0.3) is 0 Å². The van der Waals surface area contributed by atoms with Gasteiger partial charge in [-0.15, -0.1) is 0 Å². The second-order valence-corrected chi connectivity index (χ2v) is 6.46. The average molecular weight is 285 g/mol. The first-order chi connectivity index (χ1) is 10.1. The van der Waals surface area contributed by atoms with Crippen molar-refractivity contribution in [1.82, 2.24) is 14.8 Å². The van der Waals surface area contributed by atoms with Gasteiger partial charge >= 0.3 is 0 Å². The van der Waals surface area contributed by atoms with E-state index >= 15 is 0 Å². The molecule has 1 aliphatic rings. The number of benzene rings is 1. The molecule has 0 bridgehead atoms. The number of nitrogens with zero attached hydrogens (tertiary/aromatic N) is 3. The molecule has 0 amide bonds. The van der Waals surface area contributed by atoms with E-state index in [1.165, 1.54) is 17.8 Å². The number of fused-ring (bicyclic) bond motifs is 1. The third-order valence-electron chi connectivity index (χ3n) is 4.26. The van der Waals surface area contributed by atoms with Crippen LogP contribution in [0.25, 0.3) is 0 Å². The predicted octanol–water partition coefficient (Wildman–Crippen LogP) is 4.31. The van der Waals surface area contributed by atoms with Crippen molar-refractivity contribution in [2.45, 2.75) is 53.0 Å². The molecule has 3 heteroatoms. The minimum Gasteiger partial charge on any atom is -0.250 e. The highest BCUT2D eigenvalue weighted by atomic mass is 15.3. The van der Waals surface area contributed by atoms with Crippen molar-refractivity contribution in [2.24, 2.45) is 11.8 Å². The Bertz CT molecular complexity index is 528. The average Bonchev–Trinajstić information content (AvgIpc) is 2.96. The van der Waals surface area contributed by atoms with Gasteiger partial charge in [-0.25, -0.2) is 4.98 Å². The molecule has 3 nitrogen and oxygen atoms in total. The van der Waals surface area contributed by atoms with E-state index in [-0.39, 0.29) is 0 Å². The lowest BCUT2D eigenvalue weighted by Crippen LogP contribution is -2.23. The normalized spacial score (nSPS) is 17.3. The van der Waals surface area contributed by atoms with Crippen LogP contribution in [0.5, 0.6) is 0 Å². The van der Waals surface area contributed by atoms with Crippen LogP contribution < -0.4 is 0 Å². The van der Waals surface area contributed by atoms with Gasteiger partial charge in [-0.1, -0.05) is 58.0 Å². The van der Waals surface area contributed by atoms with Crippen LogP contribution >= 0.6 is 0 Å². The van der Waals surface area contributed by atoms with Gasteiger partial charge in [0.2, 0.25) is 0 Å². The smallest absolute Gasteiger partial charge is 0.138 e. The van der Waals surface area contributed by atoms with E-state index in [1.807, 2.05) is 10.7 Å². The van der Waals surface area contributed by atoms with Crippen LogP contribution in [0.1, 0.15) is 51.4 Å². The van der Waals surface area contributed by atoms with E-state index in [2.05, 4.69) is 62.0 Å². The molecule has 1 unspecified atom stereocenters. The zero-order chi connectivity index (χ0) is 15.2. The summed E-state index contributed by atoms with van der Waals surface area (Å²) in [6.07, 6.45) is 4.03. The quantitative estimate of drug-likeness (QED) is 0.823. The molecule has 0 spiro atoms. The molecule has 1 aromatic heterocycles. The Kier molecular flexibility index (Phi) is 5.54. The third-order valence-corrected chi connectivity index (χ3v) is 4.26. The van der Waals surface area contributed by atoms with Gasteiger partial charge < -0.3 is 0 Å². The second-order valence-electron chi connectivity index (χ2n) is 6.46. The maximum absolute atomic E-state index is 4.24. The molecule has 1 aromatic carbocycles. The van der Waals surface area contributed by atoms with Crippen molar-refractivity contribution in [2.75, 3.05) is 0 Å². The molecule has 1 atom stereocenters. The molecular formula is C18H27N3. The largest absolute Gasteiger partial charge is 0.250 e. The highest BCUT2D eigenvalue weighted by molar-refractivity contribution is 5.17. The Balaban J connectivity index is 0.000000161. The fourth-order valence-corrected chi connectivity index (χ4v) is 2.66. The summed E-state index contributed by atoms with van der Waals surface area (Å²) in [6, 6.07) is 10.5. The lowest BCUT2D eigenvalue weighted by Gasteiger charge is -2.24. The Morgan fingerprint density at radius 3 is 2.38 bits per heavy atom. The third kappa shape index (κ3) is 4.42. The Labute approximate surface area is 128 Å². The number of hydrogen-bond acceptors (Lipinski definition) is 2. The Hall–Kier alpha value is -1.64. The number of aryl methyl sites for hydroxylation is 1. The first-order valence-electron chi connectivity index (χ1n) is 7.99. The number of rotatable bonds is 2. The Morgan fingerprint density at radius 1 is 1.10 bits per heavy atom. The summed E-state index contributed by atoms with van der Waals surface area (Å²) in [4.78, 5) is 4.24. The maximum atomic E-state index is 4.24. The Morgan fingerprint density at radius 2 is 1.81 bits per heavy atom. The molecule has 0 fully saturated rings. The van der Waals surface area contributed by atoms with Crippen LogP contribution in [-0.4, -0.2) is 14.8 Å². The zero-order valence-electron chi connectivity index (χ0n) is 13.7. The molecule has 0 radical (unpaired) electrons. The molecule has 2 heterocycles. The minimum absolute atomic E-state index is 0.659. The van der Waals surface area contributed by atoms with Crippen molar-refractivity contribution in [3.63, 3.8) is 0 Å². The lowest BCUT2D eigenvalue weighted by molar-refractivity contribution is 0.288. The van der Waals surface area contributed by atoms with E-state index < -0.39 is 0 Å². The molecule has 21 heavy (non-hydrogen) atoms. The standard InChI is InChI=1S/C9H15N3.C9H12/c1-7(2)8-3-4-12-9(5-8)10-6-11-12;1-8(2)9-6-4-3-5-7-9/h6-8H,3-5H2,1-2H3;3-8H,1-2H3. The molecule has 2 aromatic rings. The summed E-state index contributed by atoms with van der Waals surface area (Å²) < 4.78 is 2.03. The van der Waals surface area contributed by atoms with E-state index in [9.17, 15) is 0 Å². The van der Waals surface area contributed by atoms with E-state index in [0.717, 1.165) is 24.8 Å². The van der Waals surface area contributed by atoms with Crippen LogP contribution in [0.2, 0.25) is 0 Å². The molecular weight excluding hydrogens is 258 g/mol. The van der Waals surface area contributed by atoms with Crippen molar-refractivity contribution in [3.8, 4) is 0 Å². The van der Waals surface area contributed by atoms with Crippen LogP contribution in [0, 0.1) is 11.8 Å². The minimum atomic E-state index is 0.659. The molecule has 1 aliphatic heterocycles. The zero-order valence-corrected chi connectivity index (χ0v) is 13.7. The van der Waals surface area contributed by atoms with Gasteiger partial charge in [0.15, 0.2) is 0 Å². The van der Waals surface area contributed by atoms with Gasteiger partial charge in [0.1, 0.15) is 12.2 Å². The molecule has 0 saturated heterocycles. The number of aromatic nitrogens is 3. The van der Waals surface area contributed by atoms with Crippen LogP contribution in [0.15, 0.2) is 36.7 Å². The van der Waals surface area contributed by atoms with Crippen molar-refractivity contribution < 1.29 is 0 Å². The monoisotopic (exact) mass is 285 g/mol. The summed E-state index contributed by atoms with van der Waals surface area (Å²) in [5.74, 6) is 3.41. The van der Waals surface area contributed by atoms with E-state index in [4.69, 9.17) is 0 Å². The first kappa shape index (κ1) is 15.7. The second kappa shape index (κ2) is 7.39. The first-order valence-corrected chi connectivity index (χ1v) is 7.99. The number of hydrogen-bond donors (Lipinski definition) is 0.